The number of hydrogen-bond acceptors (Lipinski definition) is 5. The molecule has 1 heterocycles. The van der Waals surface area contributed by atoms with E-state index in [1.165, 1.54) is 0 Å². The molecular formula is C16H15NO5. The van der Waals surface area contributed by atoms with Crippen LogP contribution in [0.5, 0.6) is 5.75 Å². The Bertz CT molecular complexity index is 642. The van der Waals surface area contributed by atoms with E-state index in [0.29, 0.717) is 18.1 Å². The molecule has 2 rings (SSSR count). The van der Waals surface area contributed by atoms with Crippen molar-refractivity contribution in [2.75, 3.05) is 6.61 Å². The average molecular weight is 301 g/mol. The van der Waals surface area contributed by atoms with E-state index in [4.69, 9.17) is 9.84 Å². The van der Waals surface area contributed by atoms with Gasteiger partial charge in [-0.2, -0.15) is 0 Å². The molecule has 0 bridgehead atoms. The molecule has 0 aliphatic rings. The second-order valence-electron chi connectivity index (χ2n) is 4.49. The van der Waals surface area contributed by atoms with Crippen LogP contribution in [0.1, 0.15) is 11.3 Å². The molecule has 1 aromatic heterocycles. The van der Waals surface area contributed by atoms with Gasteiger partial charge in [-0.15, -0.1) is 0 Å². The summed E-state index contributed by atoms with van der Waals surface area (Å²) in [6.07, 6.45) is 0.0313. The lowest BCUT2D eigenvalue weighted by atomic mass is 10.2. The molecule has 6 heteroatoms. The molecular weight excluding hydrogens is 286 g/mol. The Kier molecular flexibility index (Phi) is 5.48. The Labute approximate surface area is 127 Å². The highest BCUT2D eigenvalue weighted by Gasteiger charge is 2.12. The molecule has 2 aromatic rings. The fourth-order valence-corrected chi connectivity index (χ4v) is 1.80. The fourth-order valence-electron chi connectivity index (χ4n) is 1.80. The number of Topliss-reactive ketones (excluding diaryl/α,β-unsaturated/α-hetero) is 1. The third-order valence-corrected chi connectivity index (χ3v) is 2.81. The predicted molar refractivity (Wildman–Crippen MR) is 77.7 cm³/mol. The summed E-state index contributed by atoms with van der Waals surface area (Å²) in [6.45, 7) is -0.136. The van der Waals surface area contributed by atoms with Crippen molar-refractivity contribution in [1.29, 1.82) is 0 Å². The van der Waals surface area contributed by atoms with Gasteiger partial charge < -0.3 is 14.6 Å². The molecule has 0 spiro atoms. The Balaban J connectivity index is 1.97. The minimum Gasteiger partial charge on any atom is -0.487 e. The molecule has 0 amide bonds. The first kappa shape index (κ1) is 15.5. The van der Waals surface area contributed by atoms with Crippen LogP contribution in [0, 0.1) is 0 Å². The van der Waals surface area contributed by atoms with Gasteiger partial charge in [-0.3, -0.25) is 9.78 Å². The lowest BCUT2D eigenvalue weighted by molar-refractivity contribution is -0.121. The van der Waals surface area contributed by atoms with Gasteiger partial charge in [-0.05, 0) is 17.7 Å². The highest BCUT2D eigenvalue weighted by Crippen LogP contribution is 2.18. The molecule has 0 atom stereocenters. The number of carbonyl (C=O) groups excluding carboxylic acids is 1. The van der Waals surface area contributed by atoms with Gasteiger partial charge in [0.1, 0.15) is 12.4 Å². The number of ether oxygens (including phenoxy) is 2. The van der Waals surface area contributed by atoms with Crippen molar-refractivity contribution in [1.82, 2.24) is 4.98 Å². The van der Waals surface area contributed by atoms with Crippen molar-refractivity contribution in [3.63, 3.8) is 0 Å². The molecule has 1 aromatic carbocycles. The Hall–Kier alpha value is -2.89. The van der Waals surface area contributed by atoms with Crippen molar-refractivity contribution in [3.8, 4) is 5.75 Å². The summed E-state index contributed by atoms with van der Waals surface area (Å²) < 4.78 is 9.92. The predicted octanol–water partition coefficient (Wildman–Crippen LogP) is 2.47. The highest BCUT2D eigenvalue weighted by molar-refractivity contribution is 5.83. The van der Waals surface area contributed by atoms with Gasteiger partial charge in [-0.1, -0.05) is 30.3 Å². The van der Waals surface area contributed by atoms with Crippen molar-refractivity contribution < 1.29 is 24.2 Å². The summed E-state index contributed by atoms with van der Waals surface area (Å²) in [4.78, 5) is 26.0. The van der Waals surface area contributed by atoms with Crippen LogP contribution in [0.2, 0.25) is 0 Å². The van der Waals surface area contributed by atoms with Crippen LogP contribution in [0.25, 0.3) is 0 Å². The molecule has 22 heavy (non-hydrogen) atoms. The summed E-state index contributed by atoms with van der Waals surface area (Å²) >= 11 is 0. The molecule has 1 N–H and O–H groups in total. The van der Waals surface area contributed by atoms with E-state index < -0.39 is 12.8 Å². The van der Waals surface area contributed by atoms with Crippen LogP contribution >= 0.6 is 0 Å². The second-order valence-corrected chi connectivity index (χ2v) is 4.49. The van der Waals surface area contributed by atoms with E-state index in [9.17, 15) is 9.59 Å². The number of hydrogen-bond donors (Lipinski definition) is 1. The first-order valence-corrected chi connectivity index (χ1v) is 6.63. The third kappa shape index (κ3) is 4.90. The van der Waals surface area contributed by atoms with E-state index in [0.717, 1.165) is 5.56 Å². The lowest BCUT2D eigenvalue weighted by Gasteiger charge is -2.10. The monoisotopic (exact) mass is 301 g/mol. The SMILES string of the molecule is O=C(COC(=O)O)Cc1ncccc1OCc1ccccc1. The first-order chi connectivity index (χ1) is 10.6. The van der Waals surface area contributed by atoms with E-state index in [1.54, 1.807) is 18.3 Å². The molecule has 0 aliphatic heterocycles. The smallest absolute Gasteiger partial charge is 0.487 e. The zero-order chi connectivity index (χ0) is 15.8. The van der Waals surface area contributed by atoms with Crippen molar-refractivity contribution in [2.45, 2.75) is 13.0 Å². The van der Waals surface area contributed by atoms with E-state index in [2.05, 4.69) is 9.72 Å². The average Bonchev–Trinajstić information content (AvgIpc) is 2.53. The summed E-state index contributed by atoms with van der Waals surface area (Å²) in [6, 6.07) is 13.0. The largest absolute Gasteiger partial charge is 0.506 e. The fraction of sp³-hybridized carbons (Fsp3) is 0.188. The van der Waals surface area contributed by atoms with E-state index >= 15 is 0 Å². The van der Waals surface area contributed by atoms with Crippen LogP contribution in [-0.2, 0) is 22.6 Å². The van der Waals surface area contributed by atoms with Gasteiger partial charge in [0.05, 0.1) is 12.1 Å². The Morgan fingerprint density at radius 1 is 1.09 bits per heavy atom. The molecule has 0 radical (unpaired) electrons. The quantitative estimate of drug-likeness (QED) is 0.791. The zero-order valence-electron chi connectivity index (χ0n) is 11.8. The molecule has 0 fully saturated rings. The van der Waals surface area contributed by atoms with Gasteiger partial charge in [-0.25, -0.2) is 4.79 Å². The molecule has 0 unspecified atom stereocenters. The molecule has 0 aliphatic carbocycles. The molecule has 114 valence electrons. The number of ketones is 1. The number of aromatic nitrogens is 1. The van der Waals surface area contributed by atoms with Crippen molar-refractivity contribution >= 4 is 11.9 Å². The molecule has 0 saturated carbocycles. The molecule has 6 nitrogen and oxygen atoms in total. The maximum Gasteiger partial charge on any atom is 0.506 e. The topological polar surface area (TPSA) is 85.7 Å². The van der Waals surface area contributed by atoms with Gasteiger partial charge in [0, 0.05) is 6.20 Å². The lowest BCUT2D eigenvalue weighted by Crippen LogP contribution is -2.15. The number of pyridine rings is 1. The van der Waals surface area contributed by atoms with E-state index in [-0.39, 0.29) is 12.2 Å². The second kappa shape index (κ2) is 7.78. The third-order valence-electron chi connectivity index (χ3n) is 2.81. The summed E-state index contributed by atoms with van der Waals surface area (Å²) in [5.41, 5.74) is 1.45. The summed E-state index contributed by atoms with van der Waals surface area (Å²) in [5.74, 6) is 0.112. The number of rotatable bonds is 7. The highest BCUT2D eigenvalue weighted by atomic mass is 16.7. The number of benzene rings is 1. The standard InChI is InChI=1S/C16H15NO5/c18-13(11-22-16(19)20)9-14-15(7-4-8-17-14)21-10-12-5-2-1-3-6-12/h1-8H,9-11H2,(H,19,20). The van der Waals surface area contributed by atoms with Gasteiger partial charge in [0.2, 0.25) is 0 Å². The molecule has 0 saturated heterocycles. The van der Waals surface area contributed by atoms with Crippen LogP contribution in [0.15, 0.2) is 48.7 Å². The van der Waals surface area contributed by atoms with Crippen LogP contribution in [-0.4, -0.2) is 28.6 Å². The normalized spacial score (nSPS) is 10.0. The number of carboxylic acid groups (broad SMARTS) is 1. The maximum atomic E-state index is 11.7. The van der Waals surface area contributed by atoms with Crippen LogP contribution in [0.4, 0.5) is 4.79 Å². The van der Waals surface area contributed by atoms with E-state index in [1.807, 2.05) is 30.3 Å². The Morgan fingerprint density at radius 3 is 2.59 bits per heavy atom. The maximum absolute atomic E-state index is 11.7. The first-order valence-electron chi connectivity index (χ1n) is 6.63. The van der Waals surface area contributed by atoms with Crippen LogP contribution in [0.3, 0.4) is 0 Å². The summed E-state index contributed by atoms with van der Waals surface area (Å²) in [7, 11) is 0. The van der Waals surface area contributed by atoms with Gasteiger partial charge in [0.15, 0.2) is 12.4 Å². The van der Waals surface area contributed by atoms with Crippen molar-refractivity contribution in [3.05, 3.63) is 59.9 Å². The minimum atomic E-state index is -1.48. The zero-order valence-corrected chi connectivity index (χ0v) is 11.8. The van der Waals surface area contributed by atoms with Crippen LogP contribution < -0.4 is 4.74 Å². The number of nitrogens with zero attached hydrogens (tertiary/aromatic N) is 1. The minimum absolute atomic E-state index is 0.0434. The van der Waals surface area contributed by atoms with Crippen molar-refractivity contribution in [2.24, 2.45) is 0 Å². The Morgan fingerprint density at radius 2 is 1.86 bits per heavy atom. The summed E-state index contributed by atoms with van der Waals surface area (Å²) in [5, 5.41) is 8.38. The number of carbonyl (C=O) groups is 2. The van der Waals surface area contributed by atoms with Gasteiger partial charge in [0.25, 0.3) is 0 Å². The van der Waals surface area contributed by atoms with Gasteiger partial charge >= 0.3 is 6.16 Å².